The lowest BCUT2D eigenvalue weighted by Crippen LogP contribution is -2.35. The number of fused-ring (bicyclic) bond motifs is 1. The lowest BCUT2D eigenvalue weighted by atomic mass is 9.92. The Bertz CT molecular complexity index is 900. The normalized spacial score (nSPS) is 17.8. The molecule has 7 heteroatoms. The van der Waals surface area contributed by atoms with Crippen LogP contribution in [0.15, 0.2) is 29.9 Å². The van der Waals surface area contributed by atoms with Crippen molar-refractivity contribution >= 4 is 33.1 Å². The van der Waals surface area contributed by atoms with Gasteiger partial charge in [0.2, 0.25) is 0 Å². The molecular weight excluding hydrogens is 334 g/mol. The number of nitrogens with zero attached hydrogens (tertiary/aromatic N) is 4. The molecule has 0 spiro atoms. The lowest BCUT2D eigenvalue weighted by Gasteiger charge is -2.34. The molecule has 4 rings (SSSR count). The van der Waals surface area contributed by atoms with Crippen molar-refractivity contribution in [1.29, 1.82) is 0 Å². The first-order valence-electron chi connectivity index (χ1n) is 8.47. The first kappa shape index (κ1) is 16.1. The van der Waals surface area contributed by atoms with Gasteiger partial charge in [-0.15, -0.1) is 11.3 Å². The van der Waals surface area contributed by atoms with E-state index in [0.29, 0.717) is 5.56 Å². The molecule has 1 aliphatic rings. The number of nitrogens with one attached hydrogen (secondary N) is 1. The Kier molecular flexibility index (Phi) is 4.17. The van der Waals surface area contributed by atoms with E-state index in [-0.39, 0.29) is 11.8 Å². The maximum absolute atomic E-state index is 12.4. The predicted molar refractivity (Wildman–Crippen MR) is 100 cm³/mol. The number of hydrogen-bond acceptors (Lipinski definition) is 5. The maximum atomic E-state index is 12.4. The molecule has 1 amide bonds. The average Bonchev–Trinajstić information content (AvgIpc) is 3.29. The maximum Gasteiger partial charge on any atom is 0.256 e. The van der Waals surface area contributed by atoms with E-state index in [1.54, 1.807) is 36.5 Å². The fourth-order valence-electron chi connectivity index (χ4n) is 3.56. The van der Waals surface area contributed by atoms with Gasteiger partial charge in [-0.2, -0.15) is 5.10 Å². The van der Waals surface area contributed by atoms with Crippen molar-refractivity contribution < 1.29 is 4.79 Å². The Hall–Kier alpha value is -2.41. The van der Waals surface area contributed by atoms with E-state index in [2.05, 4.69) is 37.6 Å². The van der Waals surface area contributed by atoms with E-state index in [1.165, 1.54) is 10.4 Å². The third-order valence-corrected chi connectivity index (χ3v) is 5.72. The summed E-state index contributed by atoms with van der Waals surface area (Å²) in [5.41, 5.74) is 3.94. The summed E-state index contributed by atoms with van der Waals surface area (Å²) in [6, 6.07) is 4.16. The summed E-state index contributed by atoms with van der Waals surface area (Å²) in [7, 11) is 3.55. The van der Waals surface area contributed by atoms with Crippen molar-refractivity contribution in [2.45, 2.75) is 18.8 Å². The van der Waals surface area contributed by atoms with Gasteiger partial charge < -0.3 is 9.80 Å². The molecule has 0 aliphatic carbocycles. The standard InChI is InChI=1S/C18H21N5OS/c1-22(2)18(24)13-10-20-21-16(13)12-4-3-8-23(11-12)15-5-7-19-14-6-9-25-17(14)15/h5-7,9-10,12H,3-4,8,11H2,1-2H3,(H,20,21). The van der Waals surface area contributed by atoms with Crippen LogP contribution in [-0.2, 0) is 0 Å². The SMILES string of the molecule is CN(C)C(=O)c1cn[nH]c1C1CCCN(c2ccnc3ccsc23)C1. The van der Waals surface area contributed by atoms with Gasteiger partial charge in [0.05, 0.1) is 33.4 Å². The van der Waals surface area contributed by atoms with Crippen LogP contribution in [0.4, 0.5) is 5.69 Å². The van der Waals surface area contributed by atoms with Gasteiger partial charge in [0, 0.05) is 39.3 Å². The third kappa shape index (κ3) is 2.89. The van der Waals surface area contributed by atoms with E-state index < -0.39 is 0 Å². The molecule has 4 heterocycles. The minimum Gasteiger partial charge on any atom is -0.370 e. The molecule has 25 heavy (non-hydrogen) atoms. The number of carbonyl (C=O) groups excluding carboxylic acids is 1. The van der Waals surface area contributed by atoms with Crippen LogP contribution in [0.2, 0.25) is 0 Å². The molecule has 0 bridgehead atoms. The lowest BCUT2D eigenvalue weighted by molar-refractivity contribution is 0.0826. The minimum absolute atomic E-state index is 0.00503. The van der Waals surface area contributed by atoms with Crippen LogP contribution in [0.3, 0.4) is 0 Å². The van der Waals surface area contributed by atoms with Gasteiger partial charge in [0.15, 0.2) is 0 Å². The zero-order chi connectivity index (χ0) is 17.4. The average molecular weight is 355 g/mol. The van der Waals surface area contributed by atoms with Crippen molar-refractivity contribution in [3.63, 3.8) is 0 Å². The second-order valence-electron chi connectivity index (χ2n) is 6.65. The minimum atomic E-state index is 0.00503. The Labute approximate surface area is 150 Å². The quantitative estimate of drug-likeness (QED) is 0.784. The van der Waals surface area contributed by atoms with E-state index >= 15 is 0 Å². The van der Waals surface area contributed by atoms with Crippen LogP contribution in [0.1, 0.15) is 34.8 Å². The number of carbonyl (C=O) groups is 1. The van der Waals surface area contributed by atoms with Gasteiger partial charge in [0.25, 0.3) is 5.91 Å². The van der Waals surface area contributed by atoms with Gasteiger partial charge in [-0.05, 0) is 30.4 Å². The number of H-pyrrole nitrogens is 1. The summed E-state index contributed by atoms with van der Waals surface area (Å²) in [4.78, 5) is 20.9. The van der Waals surface area contributed by atoms with Crippen LogP contribution in [-0.4, -0.2) is 53.2 Å². The number of piperidine rings is 1. The van der Waals surface area contributed by atoms with E-state index in [9.17, 15) is 4.79 Å². The molecule has 3 aromatic heterocycles. The second kappa shape index (κ2) is 6.48. The summed E-state index contributed by atoms with van der Waals surface area (Å²) >= 11 is 1.73. The molecule has 1 N–H and O–H groups in total. The zero-order valence-electron chi connectivity index (χ0n) is 14.4. The summed E-state index contributed by atoms with van der Waals surface area (Å²) in [5, 5.41) is 9.31. The molecule has 130 valence electrons. The number of rotatable bonds is 3. The Morgan fingerprint density at radius 2 is 2.28 bits per heavy atom. The molecule has 1 aliphatic heterocycles. The highest BCUT2D eigenvalue weighted by atomic mass is 32.1. The Balaban J connectivity index is 1.63. The fourth-order valence-corrected chi connectivity index (χ4v) is 4.45. The monoisotopic (exact) mass is 355 g/mol. The fraction of sp³-hybridized carbons (Fsp3) is 0.389. The van der Waals surface area contributed by atoms with E-state index in [4.69, 9.17) is 0 Å². The molecule has 1 saturated heterocycles. The van der Waals surface area contributed by atoms with Crippen molar-refractivity contribution in [3.05, 3.63) is 41.2 Å². The van der Waals surface area contributed by atoms with Crippen molar-refractivity contribution in [3.8, 4) is 0 Å². The van der Waals surface area contributed by atoms with Crippen LogP contribution < -0.4 is 4.90 Å². The first-order chi connectivity index (χ1) is 12.1. The van der Waals surface area contributed by atoms with Crippen LogP contribution >= 0.6 is 11.3 Å². The molecule has 0 aromatic carbocycles. The van der Waals surface area contributed by atoms with E-state index in [1.807, 2.05) is 6.20 Å². The Morgan fingerprint density at radius 3 is 3.12 bits per heavy atom. The largest absolute Gasteiger partial charge is 0.370 e. The number of anilines is 1. The Morgan fingerprint density at radius 1 is 1.40 bits per heavy atom. The second-order valence-corrected chi connectivity index (χ2v) is 7.56. The number of pyridine rings is 1. The topological polar surface area (TPSA) is 65.1 Å². The molecular formula is C18H21N5OS. The molecule has 0 radical (unpaired) electrons. The van der Waals surface area contributed by atoms with Gasteiger partial charge in [0.1, 0.15) is 0 Å². The molecule has 3 aromatic rings. The number of hydrogen-bond donors (Lipinski definition) is 1. The van der Waals surface area contributed by atoms with Gasteiger partial charge >= 0.3 is 0 Å². The molecule has 1 atom stereocenters. The summed E-state index contributed by atoms with van der Waals surface area (Å²) in [6.07, 6.45) is 5.69. The molecule has 6 nitrogen and oxygen atoms in total. The highest BCUT2D eigenvalue weighted by Crippen LogP contribution is 2.35. The number of amides is 1. The highest BCUT2D eigenvalue weighted by molar-refractivity contribution is 7.17. The smallest absolute Gasteiger partial charge is 0.256 e. The summed E-state index contributed by atoms with van der Waals surface area (Å²) in [6.45, 7) is 1.91. The van der Waals surface area contributed by atoms with Gasteiger partial charge in [-0.1, -0.05) is 0 Å². The highest BCUT2D eigenvalue weighted by Gasteiger charge is 2.28. The van der Waals surface area contributed by atoms with Crippen molar-refractivity contribution in [2.75, 3.05) is 32.1 Å². The van der Waals surface area contributed by atoms with Crippen molar-refractivity contribution in [1.82, 2.24) is 20.1 Å². The predicted octanol–water partition coefficient (Wildman–Crippen LogP) is 3.11. The summed E-state index contributed by atoms with van der Waals surface area (Å²) in [5.74, 6) is 0.281. The first-order valence-corrected chi connectivity index (χ1v) is 9.35. The van der Waals surface area contributed by atoms with Gasteiger partial charge in [-0.25, -0.2) is 0 Å². The zero-order valence-corrected chi connectivity index (χ0v) is 15.2. The number of aromatic nitrogens is 3. The van der Waals surface area contributed by atoms with Gasteiger partial charge in [-0.3, -0.25) is 14.9 Å². The van der Waals surface area contributed by atoms with Crippen LogP contribution in [0.25, 0.3) is 10.2 Å². The molecule has 0 saturated carbocycles. The van der Waals surface area contributed by atoms with E-state index in [0.717, 1.165) is 37.1 Å². The van der Waals surface area contributed by atoms with Crippen molar-refractivity contribution in [2.24, 2.45) is 0 Å². The molecule has 1 fully saturated rings. The number of aromatic amines is 1. The number of thiophene rings is 1. The van der Waals surface area contributed by atoms with Crippen LogP contribution in [0, 0.1) is 0 Å². The van der Waals surface area contributed by atoms with Crippen LogP contribution in [0.5, 0.6) is 0 Å². The molecule has 1 unspecified atom stereocenters. The summed E-state index contributed by atoms with van der Waals surface area (Å²) < 4.78 is 1.23. The third-order valence-electron chi connectivity index (χ3n) is 4.80.